The van der Waals surface area contributed by atoms with Crippen LogP contribution in [0.1, 0.15) is 64.4 Å². The highest BCUT2D eigenvalue weighted by molar-refractivity contribution is 5.96. The van der Waals surface area contributed by atoms with Crippen LogP contribution in [0.15, 0.2) is 18.2 Å². The van der Waals surface area contributed by atoms with Crippen molar-refractivity contribution in [3.63, 3.8) is 0 Å². The Kier molecular flexibility index (Phi) is 11.8. The van der Waals surface area contributed by atoms with Gasteiger partial charge in [-0.1, -0.05) is 33.8 Å². The molecular weight excluding hydrogens is 297 g/mol. The van der Waals surface area contributed by atoms with Crippen molar-refractivity contribution in [1.29, 1.82) is 0 Å². The Morgan fingerprint density at radius 3 is 2.09 bits per heavy atom. The summed E-state index contributed by atoms with van der Waals surface area (Å²) in [6, 6.07) is 4.28. The van der Waals surface area contributed by atoms with E-state index in [0.717, 1.165) is 5.56 Å². The fraction of sp³-hybridized carbons (Fsp3) is 0.556. The van der Waals surface area contributed by atoms with Crippen LogP contribution in [0.4, 0.5) is 4.39 Å². The van der Waals surface area contributed by atoms with Gasteiger partial charge >= 0.3 is 5.97 Å². The van der Waals surface area contributed by atoms with E-state index in [1.807, 2.05) is 27.7 Å². The van der Waals surface area contributed by atoms with Gasteiger partial charge in [-0.3, -0.25) is 9.59 Å². The summed E-state index contributed by atoms with van der Waals surface area (Å²) < 4.78 is 18.5. The first-order valence-electron chi connectivity index (χ1n) is 7.95. The summed E-state index contributed by atoms with van der Waals surface area (Å²) in [6.07, 6.45) is 0. The van der Waals surface area contributed by atoms with E-state index in [-0.39, 0.29) is 12.1 Å². The highest BCUT2D eigenvalue weighted by Gasteiger charge is 2.18. The number of carbonyl (C=O) groups excluding carboxylic acids is 2. The van der Waals surface area contributed by atoms with Crippen molar-refractivity contribution >= 4 is 11.9 Å². The molecule has 5 heteroatoms. The topological polar surface area (TPSA) is 55.4 Å². The van der Waals surface area contributed by atoms with E-state index in [2.05, 4.69) is 5.32 Å². The lowest BCUT2D eigenvalue weighted by Gasteiger charge is -2.19. The number of rotatable bonds is 3. The average molecular weight is 327 g/mol. The van der Waals surface area contributed by atoms with Crippen molar-refractivity contribution in [1.82, 2.24) is 5.32 Å². The van der Waals surface area contributed by atoms with Crippen LogP contribution in [0.5, 0.6) is 0 Å². The fourth-order valence-electron chi connectivity index (χ4n) is 1.43. The number of hydrogen-bond donors (Lipinski definition) is 1. The summed E-state index contributed by atoms with van der Waals surface area (Å²) in [5, 5.41) is 2.33. The molecule has 0 saturated carbocycles. The molecule has 0 heterocycles. The molecule has 1 aromatic carbocycles. The Morgan fingerprint density at radius 2 is 1.65 bits per heavy atom. The Bertz CT molecular complexity index is 494. The molecule has 0 aliphatic rings. The number of benzene rings is 1. The number of nitrogens with one attached hydrogen (secondary N) is 1. The maximum Gasteiger partial charge on any atom is 0.325 e. The number of hydrogen-bond acceptors (Lipinski definition) is 3. The van der Waals surface area contributed by atoms with E-state index in [0.29, 0.717) is 0 Å². The molecule has 0 saturated heterocycles. The van der Waals surface area contributed by atoms with E-state index < -0.39 is 23.3 Å². The van der Waals surface area contributed by atoms with Crippen LogP contribution >= 0.6 is 0 Å². The van der Waals surface area contributed by atoms with Crippen LogP contribution in [0.2, 0.25) is 0 Å². The monoisotopic (exact) mass is 327 g/mol. The van der Waals surface area contributed by atoms with Crippen LogP contribution in [-0.4, -0.2) is 24.0 Å². The zero-order valence-corrected chi connectivity index (χ0v) is 15.5. The fourth-order valence-corrected chi connectivity index (χ4v) is 1.43. The Balaban J connectivity index is 0. The lowest BCUT2D eigenvalue weighted by atomic mass is 10.1. The molecule has 132 valence electrons. The zero-order chi connectivity index (χ0) is 18.6. The molecule has 1 amide bonds. The minimum Gasteiger partial charge on any atom is -0.459 e. The Labute approximate surface area is 139 Å². The highest BCUT2D eigenvalue weighted by atomic mass is 19.1. The van der Waals surface area contributed by atoms with Crippen LogP contribution in [0, 0.1) is 12.7 Å². The molecule has 0 fully saturated rings. The molecule has 0 spiro atoms. The first-order chi connectivity index (χ1) is 10.7. The van der Waals surface area contributed by atoms with Crippen LogP contribution in [0.3, 0.4) is 0 Å². The summed E-state index contributed by atoms with van der Waals surface area (Å²) >= 11 is 0. The molecule has 4 nitrogen and oxygen atoms in total. The molecule has 0 aliphatic carbocycles. The third-order valence-corrected chi connectivity index (χ3v) is 2.18. The van der Waals surface area contributed by atoms with Crippen molar-refractivity contribution in [2.24, 2.45) is 0 Å². The zero-order valence-electron chi connectivity index (χ0n) is 15.5. The third kappa shape index (κ3) is 10.4. The number of halogens is 1. The number of aryl methyl sites for hydroxylation is 1. The standard InChI is InChI=1S/C14H18FNO3.2C2H6/c1-9-5-6-10(11(15)7-9)13(18)16-8-12(17)19-14(2,3)4;2*1-2/h5-7H,8H2,1-4H3,(H,16,18);2*1-2H3. The van der Waals surface area contributed by atoms with Crippen LogP contribution < -0.4 is 5.32 Å². The van der Waals surface area contributed by atoms with Crippen molar-refractivity contribution in [3.05, 3.63) is 35.1 Å². The van der Waals surface area contributed by atoms with E-state index in [1.54, 1.807) is 33.8 Å². The van der Waals surface area contributed by atoms with Gasteiger partial charge in [-0.2, -0.15) is 0 Å². The van der Waals surface area contributed by atoms with E-state index >= 15 is 0 Å². The summed E-state index contributed by atoms with van der Waals surface area (Å²) in [7, 11) is 0. The molecular formula is C18H30FNO3. The molecule has 1 aromatic rings. The third-order valence-electron chi connectivity index (χ3n) is 2.18. The minimum atomic E-state index is -0.636. The summed E-state index contributed by atoms with van der Waals surface area (Å²) in [6.45, 7) is 14.6. The van der Waals surface area contributed by atoms with E-state index in [4.69, 9.17) is 4.74 Å². The average Bonchev–Trinajstić information content (AvgIpc) is 2.47. The summed E-state index contributed by atoms with van der Waals surface area (Å²) in [5.41, 5.74) is 0.0204. The number of esters is 1. The van der Waals surface area contributed by atoms with Gasteiger partial charge in [0, 0.05) is 0 Å². The van der Waals surface area contributed by atoms with E-state index in [1.165, 1.54) is 12.1 Å². The second-order valence-electron chi connectivity index (χ2n) is 5.25. The quantitative estimate of drug-likeness (QED) is 0.844. The Morgan fingerprint density at radius 1 is 1.13 bits per heavy atom. The molecule has 0 unspecified atom stereocenters. The predicted molar refractivity (Wildman–Crippen MR) is 92.0 cm³/mol. The van der Waals surface area contributed by atoms with Gasteiger partial charge in [-0.25, -0.2) is 4.39 Å². The second kappa shape index (κ2) is 11.6. The van der Waals surface area contributed by atoms with Gasteiger partial charge in [0.05, 0.1) is 5.56 Å². The van der Waals surface area contributed by atoms with Gasteiger partial charge in [-0.05, 0) is 45.4 Å². The lowest BCUT2D eigenvalue weighted by Crippen LogP contribution is -2.34. The molecule has 0 radical (unpaired) electrons. The molecule has 1 N–H and O–H groups in total. The molecule has 23 heavy (non-hydrogen) atoms. The first kappa shape index (κ1) is 23.4. The number of carbonyl (C=O) groups is 2. The van der Waals surface area contributed by atoms with Gasteiger partial charge in [-0.15, -0.1) is 0 Å². The van der Waals surface area contributed by atoms with Crippen molar-refractivity contribution < 1.29 is 18.7 Å². The molecule has 1 rings (SSSR count). The maximum absolute atomic E-state index is 13.5. The second-order valence-corrected chi connectivity index (χ2v) is 5.25. The van der Waals surface area contributed by atoms with E-state index in [9.17, 15) is 14.0 Å². The predicted octanol–water partition coefficient (Wildman–Crippen LogP) is 4.26. The smallest absolute Gasteiger partial charge is 0.325 e. The summed E-state index contributed by atoms with van der Waals surface area (Å²) in [4.78, 5) is 23.1. The molecule has 0 aliphatic heterocycles. The van der Waals surface area contributed by atoms with Gasteiger partial charge in [0.25, 0.3) is 5.91 Å². The number of ether oxygens (including phenoxy) is 1. The Hall–Kier alpha value is -1.91. The van der Waals surface area contributed by atoms with Gasteiger partial charge in [0.2, 0.25) is 0 Å². The maximum atomic E-state index is 13.5. The largest absolute Gasteiger partial charge is 0.459 e. The van der Waals surface area contributed by atoms with Gasteiger partial charge < -0.3 is 10.1 Å². The van der Waals surface area contributed by atoms with Crippen molar-refractivity contribution in [3.8, 4) is 0 Å². The summed E-state index contributed by atoms with van der Waals surface area (Å²) in [5.74, 6) is -1.81. The molecule has 0 bridgehead atoms. The number of amides is 1. The van der Waals surface area contributed by atoms with Crippen LogP contribution in [-0.2, 0) is 9.53 Å². The minimum absolute atomic E-state index is 0.0887. The van der Waals surface area contributed by atoms with Gasteiger partial charge in [0.1, 0.15) is 18.0 Å². The van der Waals surface area contributed by atoms with Crippen LogP contribution in [0.25, 0.3) is 0 Å². The van der Waals surface area contributed by atoms with Gasteiger partial charge in [0.15, 0.2) is 0 Å². The molecule has 0 aromatic heterocycles. The first-order valence-corrected chi connectivity index (χ1v) is 7.95. The lowest BCUT2D eigenvalue weighted by molar-refractivity contribution is -0.153. The highest BCUT2D eigenvalue weighted by Crippen LogP contribution is 2.10. The molecule has 0 atom stereocenters. The van der Waals surface area contributed by atoms with Crippen molar-refractivity contribution in [2.45, 2.75) is 61.0 Å². The van der Waals surface area contributed by atoms with Crippen molar-refractivity contribution in [2.75, 3.05) is 6.54 Å². The SMILES string of the molecule is CC.CC.Cc1ccc(C(=O)NCC(=O)OC(C)(C)C)c(F)c1. The normalized spacial score (nSPS) is 9.61.